The topological polar surface area (TPSA) is 49.9 Å². The van der Waals surface area contributed by atoms with Gasteiger partial charge < -0.3 is 14.5 Å². The average molecular weight is 344 g/mol. The SMILES string of the molecule is Cc1ccc(CCC(=O)N2CCC(C(=O)N3CCOCC3)CC2)cc1. The highest BCUT2D eigenvalue weighted by molar-refractivity contribution is 5.80. The highest BCUT2D eigenvalue weighted by Gasteiger charge is 2.30. The van der Waals surface area contributed by atoms with Gasteiger partial charge in [0.1, 0.15) is 0 Å². The van der Waals surface area contributed by atoms with E-state index in [0.29, 0.717) is 45.8 Å². The van der Waals surface area contributed by atoms with Gasteiger partial charge in [0.2, 0.25) is 11.8 Å². The lowest BCUT2D eigenvalue weighted by Crippen LogP contribution is -2.47. The molecule has 0 aliphatic carbocycles. The van der Waals surface area contributed by atoms with Crippen molar-refractivity contribution in [3.63, 3.8) is 0 Å². The molecule has 2 fully saturated rings. The van der Waals surface area contributed by atoms with Gasteiger partial charge in [-0.05, 0) is 31.7 Å². The number of carbonyl (C=O) groups is 2. The Hall–Kier alpha value is -1.88. The summed E-state index contributed by atoms with van der Waals surface area (Å²) in [5.41, 5.74) is 2.44. The van der Waals surface area contributed by atoms with Crippen LogP contribution in [0.1, 0.15) is 30.4 Å². The minimum absolute atomic E-state index is 0.0687. The van der Waals surface area contributed by atoms with Crippen molar-refractivity contribution in [2.75, 3.05) is 39.4 Å². The van der Waals surface area contributed by atoms with Crippen molar-refractivity contribution >= 4 is 11.8 Å². The van der Waals surface area contributed by atoms with Crippen LogP contribution in [0.2, 0.25) is 0 Å². The lowest BCUT2D eigenvalue weighted by molar-refractivity contribution is -0.143. The van der Waals surface area contributed by atoms with E-state index >= 15 is 0 Å². The molecule has 5 heteroatoms. The molecule has 1 aromatic rings. The first-order valence-corrected chi connectivity index (χ1v) is 9.33. The van der Waals surface area contributed by atoms with E-state index < -0.39 is 0 Å². The van der Waals surface area contributed by atoms with Crippen LogP contribution in [0.5, 0.6) is 0 Å². The van der Waals surface area contributed by atoms with Crippen molar-refractivity contribution in [3.8, 4) is 0 Å². The standard InChI is InChI=1S/C20H28N2O3/c1-16-2-4-17(5-3-16)6-7-19(23)21-10-8-18(9-11-21)20(24)22-12-14-25-15-13-22/h2-5,18H,6-15H2,1H3. The molecule has 0 unspecified atom stereocenters. The van der Waals surface area contributed by atoms with Gasteiger partial charge in [0, 0.05) is 38.5 Å². The fourth-order valence-corrected chi connectivity index (χ4v) is 3.58. The molecule has 0 atom stereocenters. The quantitative estimate of drug-likeness (QED) is 0.840. The minimum Gasteiger partial charge on any atom is -0.378 e. The van der Waals surface area contributed by atoms with Crippen molar-refractivity contribution in [1.29, 1.82) is 0 Å². The number of rotatable bonds is 4. The fraction of sp³-hybridized carbons (Fsp3) is 0.600. The van der Waals surface area contributed by atoms with E-state index in [2.05, 4.69) is 31.2 Å². The maximum Gasteiger partial charge on any atom is 0.225 e. The van der Waals surface area contributed by atoms with Crippen molar-refractivity contribution in [2.24, 2.45) is 5.92 Å². The Morgan fingerprint density at radius 2 is 1.64 bits per heavy atom. The van der Waals surface area contributed by atoms with E-state index in [0.717, 1.165) is 19.3 Å². The molecule has 0 radical (unpaired) electrons. The summed E-state index contributed by atoms with van der Waals surface area (Å²) in [6.45, 7) is 6.16. The normalized spacial score (nSPS) is 19.1. The highest BCUT2D eigenvalue weighted by Crippen LogP contribution is 2.21. The third-order valence-corrected chi connectivity index (χ3v) is 5.27. The van der Waals surface area contributed by atoms with E-state index in [4.69, 9.17) is 4.74 Å². The minimum atomic E-state index is 0.0687. The molecule has 136 valence electrons. The van der Waals surface area contributed by atoms with E-state index in [1.165, 1.54) is 11.1 Å². The predicted octanol–water partition coefficient (Wildman–Crippen LogP) is 2.03. The van der Waals surface area contributed by atoms with Crippen LogP contribution < -0.4 is 0 Å². The van der Waals surface area contributed by atoms with Crippen molar-refractivity contribution in [3.05, 3.63) is 35.4 Å². The zero-order chi connectivity index (χ0) is 17.6. The van der Waals surface area contributed by atoms with Crippen LogP contribution >= 0.6 is 0 Å². The van der Waals surface area contributed by atoms with Gasteiger partial charge in [-0.15, -0.1) is 0 Å². The lowest BCUT2D eigenvalue weighted by atomic mass is 9.94. The first kappa shape index (κ1) is 17.9. The zero-order valence-electron chi connectivity index (χ0n) is 15.1. The summed E-state index contributed by atoms with van der Waals surface area (Å²) in [6.07, 6.45) is 2.90. The molecule has 2 saturated heterocycles. The van der Waals surface area contributed by atoms with Crippen molar-refractivity contribution in [1.82, 2.24) is 9.80 Å². The Morgan fingerprint density at radius 3 is 2.28 bits per heavy atom. The monoisotopic (exact) mass is 344 g/mol. The molecule has 5 nitrogen and oxygen atoms in total. The molecule has 2 heterocycles. The summed E-state index contributed by atoms with van der Waals surface area (Å²) in [7, 11) is 0. The number of aryl methyl sites for hydroxylation is 2. The maximum absolute atomic E-state index is 12.5. The van der Waals surface area contributed by atoms with Crippen LogP contribution in [0, 0.1) is 12.8 Å². The first-order chi connectivity index (χ1) is 12.1. The molecule has 0 aromatic heterocycles. The number of ether oxygens (including phenoxy) is 1. The summed E-state index contributed by atoms with van der Waals surface area (Å²) < 4.78 is 5.31. The molecule has 2 amide bonds. The van der Waals surface area contributed by atoms with Gasteiger partial charge in [0.05, 0.1) is 13.2 Å². The summed E-state index contributed by atoms with van der Waals surface area (Å²) in [5, 5.41) is 0. The highest BCUT2D eigenvalue weighted by atomic mass is 16.5. The zero-order valence-corrected chi connectivity index (χ0v) is 15.1. The number of nitrogens with zero attached hydrogens (tertiary/aromatic N) is 2. The Balaban J connectivity index is 1.42. The fourth-order valence-electron chi connectivity index (χ4n) is 3.58. The Kier molecular flexibility index (Phi) is 6.08. The maximum atomic E-state index is 12.5. The number of carbonyl (C=O) groups excluding carboxylic acids is 2. The Bertz CT molecular complexity index is 585. The van der Waals surface area contributed by atoms with Crippen LogP contribution in [0.4, 0.5) is 0 Å². The molecule has 0 spiro atoms. The molecule has 0 saturated carbocycles. The molecule has 0 N–H and O–H groups in total. The van der Waals surface area contributed by atoms with Crippen molar-refractivity contribution in [2.45, 2.75) is 32.6 Å². The number of likely N-dealkylation sites (tertiary alicyclic amines) is 1. The van der Waals surface area contributed by atoms with Gasteiger partial charge in [-0.25, -0.2) is 0 Å². The van der Waals surface area contributed by atoms with Gasteiger partial charge in [0.15, 0.2) is 0 Å². The van der Waals surface area contributed by atoms with Crippen LogP contribution in [0.15, 0.2) is 24.3 Å². The van der Waals surface area contributed by atoms with Crippen LogP contribution in [0.25, 0.3) is 0 Å². The van der Waals surface area contributed by atoms with Crippen LogP contribution in [0.3, 0.4) is 0 Å². The number of hydrogen-bond acceptors (Lipinski definition) is 3. The lowest BCUT2D eigenvalue weighted by Gasteiger charge is -2.35. The largest absolute Gasteiger partial charge is 0.378 e. The number of amides is 2. The summed E-state index contributed by atoms with van der Waals surface area (Å²) in [5.74, 6) is 0.521. The second-order valence-electron chi connectivity index (χ2n) is 7.08. The summed E-state index contributed by atoms with van der Waals surface area (Å²) >= 11 is 0. The first-order valence-electron chi connectivity index (χ1n) is 9.33. The summed E-state index contributed by atoms with van der Waals surface area (Å²) in [6, 6.07) is 8.36. The number of morpholine rings is 1. The number of hydrogen-bond donors (Lipinski definition) is 0. The average Bonchev–Trinajstić information content (AvgIpc) is 2.67. The Morgan fingerprint density at radius 1 is 1.00 bits per heavy atom. The molecule has 0 bridgehead atoms. The molecular weight excluding hydrogens is 316 g/mol. The van der Waals surface area contributed by atoms with Crippen LogP contribution in [-0.4, -0.2) is 61.0 Å². The third-order valence-electron chi connectivity index (χ3n) is 5.27. The second kappa shape index (κ2) is 8.48. The van der Waals surface area contributed by atoms with Gasteiger partial charge in [-0.3, -0.25) is 9.59 Å². The van der Waals surface area contributed by atoms with Gasteiger partial charge >= 0.3 is 0 Å². The molecule has 2 aliphatic rings. The molecule has 25 heavy (non-hydrogen) atoms. The van der Waals surface area contributed by atoms with Gasteiger partial charge in [-0.1, -0.05) is 29.8 Å². The number of piperidine rings is 1. The molecule has 3 rings (SSSR count). The summed E-state index contributed by atoms with van der Waals surface area (Å²) in [4.78, 5) is 28.8. The van der Waals surface area contributed by atoms with Crippen molar-refractivity contribution < 1.29 is 14.3 Å². The van der Waals surface area contributed by atoms with E-state index in [-0.39, 0.29) is 17.7 Å². The molecular formula is C20H28N2O3. The van der Waals surface area contributed by atoms with E-state index in [9.17, 15) is 9.59 Å². The van der Waals surface area contributed by atoms with E-state index in [1.807, 2.05) is 9.80 Å². The van der Waals surface area contributed by atoms with Gasteiger partial charge in [-0.2, -0.15) is 0 Å². The second-order valence-corrected chi connectivity index (χ2v) is 7.08. The number of benzene rings is 1. The smallest absolute Gasteiger partial charge is 0.225 e. The van der Waals surface area contributed by atoms with E-state index in [1.54, 1.807) is 0 Å². The van der Waals surface area contributed by atoms with Gasteiger partial charge in [0.25, 0.3) is 0 Å². The molecule has 1 aromatic carbocycles. The predicted molar refractivity (Wildman–Crippen MR) is 96.2 cm³/mol. The van der Waals surface area contributed by atoms with Crippen LogP contribution in [-0.2, 0) is 20.7 Å². The molecule has 2 aliphatic heterocycles. The third kappa shape index (κ3) is 4.82. The Labute approximate surface area is 149 Å².